The van der Waals surface area contributed by atoms with E-state index < -0.39 is 0 Å². The van der Waals surface area contributed by atoms with Gasteiger partial charge in [0.2, 0.25) is 0 Å². The summed E-state index contributed by atoms with van der Waals surface area (Å²) < 4.78 is 1.83. The van der Waals surface area contributed by atoms with E-state index in [1.807, 2.05) is 18.4 Å². The fourth-order valence-corrected chi connectivity index (χ4v) is 2.12. The first-order valence-corrected chi connectivity index (χ1v) is 5.21. The predicted molar refractivity (Wildman–Crippen MR) is 59.1 cm³/mol. The Balaban J connectivity index is 2.83. The van der Waals surface area contributed by atoms with Crippen LogP contribution >= 0.6 is 0 Å². The summed E-state index contributed by atoms with van der Waals surface area (Å²) in [6.07, 6.45) is 0. The minimum atomic E-state index is 0.464. The third-order valence-corrected chi connectivity index (χ3v) is 2.64. The Bertz CT molecular complexity index is 511. The van der Waals surface area contributed by atoms with E-state index in [2.05, 4.69) is 35.8 Å². The van der Waals surface area contributed by atoms with E-state index in [0.717, 1.165) is 17.2 Å². The van der Waals surface area contributed by atoms with Crippen molar-refractivity contribution in [3.8, 4) is 0 Å². The fourth-order valence-electron chi connectivity index (χ4n) is 2.12. The summed E-state index contributed by atoms with van der Waals surface area (Å²) >= 11 is 0. The largest absolute Gasteiger partial charge is 0.252 e. The molecule has 0 aliphatic carbocycles. The molecule has 0 bridgehead atoms. The summed E-state index contributed by atoms with van der Waals surface area (Å²) in [5.41, 5.74) is 3.47. The third kappa shape index (κ3) is 1.50. The van der Waals surface area contributed by atoms with E-state index in [1.165, 1.54) is 5.56 Å². The highest BCUT2D eigenvalue weighted by Crippen LogP contribution is 2.21. The summed E-state index contributed by atoms with van der Waals surface area (Å²) in [7, 11) is 0. The average molecular weight is 204 g/mol. The van der Waals surface area contributed by atoms with Gasteiger partial charge < -0.3 is 0 Å². The summed E-state index contributed by atoms with van der Waals surface area (Å²) in [5, 5.41) is 4.34. The first-order chi connectivity index (χ1) is 7.00. The highest BCUT2D eigenvalue weighted by atomic mass is 15.3. The normalized spacial score (nSPS) is 11.6. The third-order valence-electron chi connectivity index (χ3n) is 2.64. The van der Waals surface area contributed by atoms with Gasteiger partial charge in [-0.05, 0) is 32.3 Å². The first kappa shape index (κ1) is 10.1. The second kappa shape index (κ2) is 3.29. The molecular weight excluding hydrogens is 188 g/mol. The highest BCUT2D eigenvalue weighted by molar-refractivity contribution is 5.38. The lowest BCUT2D eigenvalue weighted by Gasteiger charge is -2.12. The number of aromatic nitrogens is 4. The van der Waals surface area contributed by atoms with Crippen LogP contribution in [0.4, 0.5) is 0 Å². The molecule has 0 N–H and O–H groups in total. The lowest BCUT2D eigenvalue weighted by molar-refractivity contribution is 0.775. The first-order valence-electron chi connectivity index (χ1n) is 5.21. The molecule has 2 aromatic rings. The summed E-state index contributed by atoms with van der Waals surface area (Å²) in [5.74, 6) is 1.93. The van der Waals surface area contributed by atoms with Crippen molar-refractivity contribution in [1.82, 2.24) is 19.6 Å². The highest BCUT2D eigenvalue weighted by Gasteiger charge is 2.14. The van der Waals surface area contributed by atoms with Crippen LogP contribution in [0, 0.1) is 20.8 Å². The number of fused-ring (bicyclic) bond motifs is 1. The Kier molecular flexibility index (Phi) is 2.21. The maximum atomic E-state index is 4.47. The zero-order valence-corrected chi connectivity index (χ0v) is 9.87. The molecule has 0 aliphatic rings. The van der Waals surface area contributed by atoms with E-state index >= 15 is 0 Å². The molecule has 4 heteroatoms. The Morgan fingerprint density at radius 2 is 1.73 bits per heavy atom. The maximum Gasteiger partial charge on any atom is 0.252 e. The van der Waals surface area contributed by atoms with Crippen molar-refractivity contribution >= 4 is 5.78 Å². The smallest absolute Gasteiger partial charge is 0.216 e. The monoisotopic (exact) mass is 204 g/mol. The van der Waals surface area contributed by atoms with E-state index in [-0.39, 0.29) is 0 Å². The van der Waals surface area contributed by atoms with Crippen LogP contribution in [0.15, 0.2) is 0 Å². The zero-order valence-electron chi connectivity index (χ0n) is 9.87. The number of hydrogen-bond acceptors (Lipinski definition) is 3. The fraction of sp³-hybridized carbons (Fsp3) is 0.545. The Labute approximate surface area is 89.4 Å². The molecule has 2 heterocycles. The molecule has 2 aromatic heterocycles. The Hall–Kier alpha value is -1.45. The van der Waals surface area contributed by atoms with Gasteiger partial charge in [0.25, 0.3) is 5.78 Å². The van der Waals surface area contributed by atoms with Gasteiger partial charge >= 0.3 is 0 Å². The van der Waals surface area contributed by atoms with Crippen molar-refractivity contribution in [3.05, 3.63) is 22.8 Å². The van der Waals surface area contributed by atoms with E-state index in [9.17, 15) is 0 Å². The molecule has 0 unspecified atom stereocenters. The summed E-state index contributed by atoms with van der Waals surface area (Å²) in [4.78, 5) is 8.74. The molecule has 0 atom stereocenters. The van der Waals surface area contributed by atoms with Crippen molar-refractivity contribution < 1.29 is 0 Å². The van der Waals surface area contributed by atoms with Crippen molar-refractivity contribution in [3.63, 3.8) is 0 Å². The van der Waals surface area contributed by atoms with Gasteiger partial charge in [-0.1, -0.05) is 13.8 Å². The van der Waals surface area contributed by atoms with E-state index in [1.54, 1.807) is 0 Å². The molecule has 0 saturated heterocycles. The lowest BCUT2D eigenvalue weighted by Crippen LogP contribution is -2.06. The number of hydrogen-bond donors (Lipinski definition) is 0. The second-order valence-electron chi connectivity index (χ2n) is 4.22. The van der Waals surface area contributed by atoms with Gasteiger partial charge in [-0.15, -0.1) is 0 Å². The number of aryl methyl sites for hydroxylation is 3. The molecule has 2 rings (SSSR count). The van der Waals surface area contributed by atoms with Gasteiger partial charge in [-0.3, -0.25) is 0 Å². The van der Waals surface area contributed by atoms with Gasteiger partial charge in [0.15, 0.2) is 0 Å². The maximum absolute atomic E-state index is 4.47. The number of rotatable bonds is 1. The second-order valence-corrected chi connectivity index (χ2v) is 4.22. The van der Waals surface area contributed by atoms with Crippen molar-refractivity contribution in [1.29, 1.82) is 0 Å². The van der Waals surface area contributed by atoms with Crippen LogP contribution in [0.2, 0.25) is 0 Å². The van der Waals surface area contributed by atoms with Gasteiger partial charge in [-0.2, -0.15) is 10.1 Å². The standard InChI is InChI=1S/C11H16N4/c1-6(2)10-7(3)12-11-13-9(5)14-15(11)8(10)4/h6H,1-5H3. The van der Waals surface area contributed by atoms with Crippen LogP contribution in [0.3, 0.4) is 0 Å². The van der Waals surface area contributed by atoms with Crippen LogP contribution in [-0.4, -0.2) is 19.6 Å². The van der Waals surface area contributed by atoms with Crippen molar-refractivity contribution in [2.75, 3.05) is 0 Å². The van der Waals surface area contributed by atoms with Crippen LogP contribution in [0.1, 0.15) is 42.5 Å². The molecule has 0 fully saturated rings. The molecule has 0 amide bonds. The minimum Gasteiger partial charge on any atom is -0.216 e. The average Bonchev–Trinajstić information content (AvgIpc) is 2.45. The van der Waals surface area contributed by atoms with Gasteiger partial charge in [-0.25, -0.2) is 9.50 Å². The molecule has 0 radical (unpaired) electrons. The molecule has 0 aromatic carbocycles. The van der Waals surface area contributed by atoms with Crippen LogP contribution in [0.25, 0.3) is 5.78 Å². The quantitative estimate of drug-likeness (QED) is 0.715. The number of nitrogens with zero attached hydrogens (tertiary/aromatic N) is 4. The summed E-state index contributed by atoms with van der Waals surface area (Å²) in [6, 6.07) is 0. The van der Waals surface area contributed by atoms with Crippen molar-refractivity contribution in [2.45, 2.75) is 40.5 Å². The Morgan fingerprint density at radius 3 is 2.33 bits per heavy atom. The van der Waals surface area contributed by atoms with E-state index in [0.29, 0.717) is 11.7 Å². The van der Waals surface area contributed by atoms with Crippen molar-refractivity contribution in [2.24, 2.45) is 0 Å². The topological polar surface area (TPSA) is 43.1 Å². The van der Waals surface area contributed by atoms with Crippen LogP contribution in [0.5, 0.6) is 0 Å². The SMILES string of the molecule is Cc1nc2nc(C)c(C(C)C)c(C)n2n1. The zero-order chi connectivity index (χ0) is 11.2. The summed E-state index contributed by atoms with van der Waals surface area (Å²) in [6.45, 7) is 10.3. The van der Waals surface area contributed by atoms with Gasteiger partial charge in [0, 0.05) is 11.4 Å². The molecule has 0 aliphatic heterocycles. The molecule has 80 valence electrons. The van der Waals surface area contributed by atoms with Crippen LogP contribution < -0.4 is 0 Å². The van der Waals surface area contributed by atoms with E-state index in [4.69, 9.17) is 0 Å². The van der Waals surface area contributed by atoms with Gasteiger partial charge in [0.05, 0.1) is 0 Å². The molecule has 0 spiro atoms. The minimum absolute atomic E-state index is 0.464. The molecule has 15 heavy (non-hydrogen) atoms. The molecular formula is C11H16N4. The molecule has 4 nitrogen and oxygen atoms in total. The van der Waals surface area contributed by atoms with Gasteiger partial charge in [0.1, 0.15) is 5.82 Å². The molecule has 0 saturated carbocycles. The van der Waals surface area contributed by atoms with Crippen LogP contribution in [-0.2, 0) is 0 Å². The lowest BCUT2D eigenvalue weighted by atomic mass is 10.0. The predicted octanol–water partition coefficient (Wildman–Crippen LogP) is 2.17. The Morgan fingerprint density at radius 1 is 1.07 bits per heavy atom.